The van der Waals surface area contributed by atoms with Crippen molar-refractivity contribution < 1.29 is 36.7 Å². The molecular formula is C56H56N8O8S. The third kappa shape index (κ3) is 11.5. The summed E-state index contributed by atoms with van der Waals surface area (Å²) in [4.78, 5) is 18.9. The number of rotatable bonds is 19. The molecular weight excluding hydrogens is 945 g/mol. The molecule has 7 heterocycles. The summed E-state index contributed by atoms with van der Waals surface area (Å²) in [5.41, 5.74) is 10.6. The van der Waals surface area contributed by atoms with Crippen molar-refractivity contribution in [2.24, 2.45) is 0 Å². The zero-order valence-electron chi connectivity index (χ0n) is 40.9. The molecule has 9 aromatic rings. The van der Waals surface area contributed by atoms with Gasteiger partial charge in [-0.25, -0.2) is 19.9 Å². The van der Waals surface area contributed by atoms with Crippen molar-refractivity contribution in [2.75, 3.05) is 44.5 Å². The van der Waals surface area contributed by atoms with E-state index in [1.807, 2.05) is 158 Å². The van der Waals surface area contributed by atoms with Crippen LogP contribution in [0, 0.1) is 6.92 Å². The Labute approximate surface area is 423 Å². The molecule has 17 heteroatoms. The Kier molecular flexibility index (Phi) is 14.5. The minimum atomic E-state index is -4.15. The van der Waals surface area contributed by atoms with Crippen LogP contribution in [0.1, 0.15) is 43.4 Å². The molecule has 73 heavy (non-hydrogen) atoms. The summed E-state index contributed by atoms with van der Waals surface area (Å²) in [6.07, 6.45) is 10.4. The van der Waals surface area contributed by atoms with E-state index in [1.165, 1.54) is 12.1 Å². The maximum Gasteiger partial charge on any atom is 0.297 e. The van der Waals surface area contributed by atoms with Crippen LogP contribution in [0.5, 0.6) is 11.5 Å². The van der Waals surface area contributed by atoms with E-state index in [2.05, 4.69) is 20.6 Å². The van der Waals surface area contributed by atoms with E-state index in [0.29, 0.717) is 30.0 Å². The van der Waals surface area contributed by atoms with Gasteiger partial charge in [0.05, 0.1) is 47.5 Å². The predicted molar refractivity (Wildman–Crippen MR) is 280 cm³/mol. The fraction of sp³-hybridized carbons (Fsp3) is 0.250. The molecule has 1 aliphatic rings. The third-order valence-corrected chi connectivity index (χ3v) is 13.9. The molecule has 1 aliphatic heterocycles. The van der Waals surface area contributed by atoms with Crippen molar-refractivity contribution in [3.63, 3.8) is 0 Å². The molecule has 6 aromatic heterocycles. The van der Waals surface area contributed by atoms with E-state index in [1.54, 1.807) is 19.1 Å². The summed E-state index contributed by atoms with van der Waals surface area (Å²) in [6.45, 7) is 3.26. The Morgan fingerprint density at radius 2 is 1.26 bits per heavy atom. The lowest BCUT2D eigenvalue weighted by atomic mass is 10.0. The van der Waals surface area contributed by atoms with Crippen LogP contribution in [0.3, 0.4) is 0 Å². The average Bonchev–Trinajstić information content (AvgIpc) is 4.06. The lowest BCUT2D eigenvalue weighted by molar-refractivity contribution is -0.224. The topological polar surface area (TPSA) is 185 Å². The van der Waals surface area contributed by atoms with Gasteiger partial charge in [-0.1, -0.05) is 66.2 Å². The van der Waals surface area contributed by atoms with E-state index in [-0.39, 0.29) is 24.7 Å². The maximum atomic E-state index is 13.5. The van der Waals surface area contributed by atoms with Gasteiger partial charge in [-0.2, -0.15) is 8.42 Å². The van der Waals surface area contributed by atoms with Crippen LogP contribution < -0.4 is 20.1 Å². The number of aliphatic hydroxyl groups excluding tert-OH is 1. The number of benzene rings is 3. The SMILES string of the molecule is CNc1ccc(-c2ccc(-c3cn4cc(OCC(COS(=O)(=O)c5ccc(C)cc5)OC5CCCC(c6cc(OC[C@@H](C)O)cn7cc(-c8ccc(-c9ccc(NC)nc9)cc8)nc67)O5)ccc4n3)cc2)cn1. The van der Waals surface area contributed by atoms with Gasteiger partial charge in [0, 0.05) is 66.7 Å². The molecule has 0 aliphatic carbocycles. The summed E-state index contributed by atoms with van der Waals surface area (Å²) < 4.78 is 62.2. The van der Waals surface area contributed by atoms with Crippen LogP contribution >= 0.6 is 0 Å². The smallest absolute Gasteiger partial charge is 0.297 e. The van der Waals surface area contributed by atoms with Crippen molar-refractivity contribution in [3.05, 3.63) is 164 Å². The van der Waals surface area contributed by atoms with Gasteiger partial charge in [0.25, 0.3) is 10.1 Å². The molecule has 10 rings (SSSR count). The Morgan fingerprint density at radius 1 is 0.671 bits per heavy atom. The van der Waals surface area contributed by atoms with Gasteiger partial charge in [-0.15, -0.1) is 0 Å². The van der Waals surface area contributed by atoms with Gasteiger partial charge >= 0.3 is 0 Å². The van der Waals surface area contributed by atoms with Gasteiger partial charge in [0.2, 0.25) is 0 Å². The number of aromatic nitrogens is 6. The summed E-state index contributed by atoms with van der Waals surface area (Å²) in [6, 6.07) is 36.3. The first-order chi connectivity index (χ1) is 35.5. The van der Waals surface area contributed by atoms with Crippen LogP contribution in [0.4, 0.5) is 11.6 Å². The zero-order valence-corrected chi connectivity index (χ0v) is 41.7. The van der Waals surface area contributed by atoms with E-state index in [4.69, 9.17) is 33.1 Å². The van der Waals surface area contributed by atoms with Crippen molar-refractivity contribution in [2.45, 2.75) is 62.6 Å². The van der Waals surface area contributed by atoms with Crippen LogP contribution in [0.15, 0.2) is 157 Å². The number of aryl methyl sites for hydroxylation is 1. The second-order valence-corrected chi connectivity index (χ2v) is 19.6. The number of nitrogens with zero attached hydrogens (tertiary/aromatic N) is 6. The fourth-order valence-corrected chi connectivity index (χ4v) is 9.58. The van der Waals surface area contributed by atoms with E-state index in [0.717, 1.165) is 79.6 Å². The van der Waals surface area contributed by atoms with Gasteiger partial charge < -0.3 is 43.5 Å². The number of hydrogen-bond acceptors (Lipinski definition) is 14. The molecule has 374 valence electrons. The highest BCUT2D eigenvalue weighted by Crippen LogP contribution is 2.37. The van der Waals surface area contributed by atoms with Crippen molar-refractivity contribution >= 4 is 33.0 Å². The molecule has 3 aromatic carbocycles. The Bertz CT molecular complexity index is 3420. The number of pyridine rings is 4. The molecule has 0 bridgehead atoms. The third-order valence-electron chi connectivity index (χ3n) is 12.6. The molecule has 3 N–H and O–H groups in total. The Hall–Kier alpha value is -7.67. The molecule has 0 spiro atoms. The summed E-state index contributed by atoms with van der Waals surface area (Å²) in [7, 11) is -0.467. The van der Waals surface area contributed by atoms with Crippen molar-refractivity contribution in [1.82, 2.24) is 28.7 Å². The van der Waals surface area contributed by atoms with E-state index in [9.17, 15) is 13.5 Å². The van der Waals surface area contributed by atoms with Gasteiger partial charge in [-0.05, 0) is 98.8 Å². The number of anilines is 2. The Balaban J connectivity index is 0.876. The lowest BCUT2D eigenvalue weighted by Gasteiger charge is -2.33. The monoisotopic (exact) mass is 1000 g/mol. The summed E-state index contributed by atoms with van der Waals surface area (Å²) in [5.74, 6) is 2.66. The molecule has 0 saturated carbocycles. The van der Waals surface area contributed by atoms with Crippen LogP contribution in [-0.4, -0.2) is 94.7 Å². The van der Waals surface area contributed by atoms with E-state index >= 15 is 0 Å². The first kappa shape index (κ1) is 48.9. The van der Waals surface area contributed by atoms with Gasteiger partial charge in [0.1, 0.15) is 53.7 Å². The second-order valence-electron chi connectivity index (χ2n) is 18.0. The van der Waals surface area contributed by atoms with Gasteiger partial charge in [-0.3, -0.25) is 4.18 Å². The molecule has 1 fully saturated rings. The first-order valence-electron chi connectivity index (χ1n) is 24.2. The molecule has 0 radical (unpaired) electrons. The number of aliphatic hydroxyl groups is 1. The van der Waals surface area contributed by atoms with Crippen molar-refractivity contribution in [1.29, 1.82) is 0 Å². The predicted octanol–water partition coefficient (Wildman–Crippen LogP) is 10.0. The number of fused-ring (bicyclic) bond motifs is 2. The average molecular weight is 1000 g/mol. The number of hydrogen-bond donors (Lipinski definition) is 3. The quantitative estimate of drug-likeness (QED) is 0.0650. The summed E-state index contributed by atoms with van der Waals surface area (Å²) in [5, 5.41) is 16.2. The van der Waals surface area contributed by atoms with Crippen LogP contribution in [-0.2, 0) is 23.8 Å². The molecule has 4 atom stereocenters. The Morgan fingerprint density at radius 3 is 1.88 bits per heavy atom. The largest absolute Gasteiger partial charge is 0.489 e. The normalized spacial score (nSPS) is 15.8. The van der Waals surface area contributed by atoms with Gasteiger partial charge in [0.15, 0.2) is 6.29 Å². The van der Waals surface area contributed by atoms with Crippen molar-refractivity contribution in [3.8, 4) is 56.3 Å². The van der Waals surface area contributed by atoms with Crippen LogP contribution in [0.25, 0.3) is 56.1 Å². The number of ether oxygens (including phenoxy) is 4. The van der Waals surface area contributed by atoms with E-state index < -0.39 is 34.7 Å². The summed E-state index contributed by atoms with van der Waals surface area (Å²) >= 11 is 0. The fourth-order valence-electron chi connectivity index (χ4n) is 8.64. The minimum absolute atomic E-state index is 0.0384. The molecule has 16 nitrogen and oxygen atoms in total. The zero-order chi connectivity index (χ0) is 50.5. The maximum absolute atomic E-state index is 13.5. The molecule has 3 unspecified atom stereocenters. The molecule has 1 saturated heterocycles. The standard InChI is InChI=1S/C56H56N8O8S/c1-36-8-21-47(22-9-36)73(66,67)70-35-46(34-69-44-20-25-54-61-49(31-63(54)29-44)40-14-10-38(11-15-40)42-18-23-52(57-3)59-27-42)71-55-7-5-6-51(72-55)48-26-45(68-33-37(2)65)30-64-32-50(62-56(48)64)41-16-12-39(13-17-41)43-19-24-53(58-4)60-28-43/h8-32,37,46,51,55,65H,5-7,33-35H2,1-4H3,(H,57,59)(H,58,60)/t37-,46?,51?,55?/m1/s1. The van der Waals surface area contributed by atoms with Crippen LogP contribution in [0.2, 0.25) is 0 Å². The number of nitrogens with one attached hydrogen (secondary N) is 2. The molecule has 0 amide bonds. The highest BCUT2D eigenvalue weighted by atomic mass is 32.2. The second kappa shape index (κ2) is 21.6. The number of imidazole rings is 2. The highest BCUT2D eigenvalue weighted by Gasteiger charge is 2.31. The highest BCUT2D eigenvalue weighted by molar-refractivity contribution is 7.86. The first-order valence-corrected chi connectivity index (χ1v) is 25.6. The lowest BCUT2D eigenvalue weighted by Crippen LogP contribution is -2.36. The minimum Gasteiger partial charge on any atom is -0.489 e.